The van der Waals surface area contributed by atoms with Gasteiger partial charge in [-0.1, -0.05) is 6.92 Å². The Hall–Kier alpha value is -0.330. The monoisotopic (exact) mass is 102 g/mol. The first kappa shape index (κ1) is 1.88. The van der Waals surface area contributed by atoms with Crippen LogP contribution in [-0.4, -0.2) is 5.78 Å². The van der Waals surface area contributed by atoms with Gasteiger partial charge in [0, 0.05) is 18.2 Å². The number of carbonyl (C=O) groups is 1. The molecule has 0 aromatic rings. The van der Waals surface area contributed by atoms with Crippen molar-refractivity contribution in [3.05, 3.63) is 0 Å². The molecule has 40 valence electrons. The van der Waals surface area contributed by atoms with E-state index in [0.29, 0.717) is 0 Å². The number of ketones is 1. The van der Waals surface area contributed by atoms with Crippen LogP contribution in [0.15, 0.2) is 0 Å². The maximum absolute atomic E-state index is 11.0. The van der Waals surface area contributed by atoms with Crippen molar-refractivity contribution >= 4 is 5.78 Å². The predicted molar refractivity (Wildman–Crippen MR) is 28.0 cm³/mol. The summed E-state index contributed by atoms with van der Waals surface area (Å²) in [6.07, 6.45) is -3.93. The van der Waals surface area contributed by atoms with Crippen LogP contribution >= 0.6 is 0 Å². The highest BCUT2D eigenvalue weighted by Crippen LogP contribution is 2.19. The Kier molecular flexibility index (Phi) is 0.443. The highest BCUT2D eigenvalue weighted by atomic mass is 16.1. The van der Waals surface area contributed by atoms with Crippen molar-refractivity contribution in [2.45, 2.75) is 26.1 Å². The molecule has 0 aromatic heterocycles. The summed E-state index contributed by atoms with van der Waals surface area (Å²) in [5.74, 6) is -1.41. The Balaban J connectivity index is 2.99. The third-order valence-electron chi connectivity index (χ3n) is 0.946. The van der Waals surface area contributed by atoms with Gasteiger partial charge in [-0.15, -0.1) is 0 Å². The molecule has 1 unspecified atom stereocenters. The Morgan fingerprint density at radius 3 is 2.86 bits per heavy atom. The van der Waals surface area contributed by atoms with Crippen LogP contribution in [0, 0.1) is 5.92 Å². The van der Waals surface area contributed by atoms with Gasteiger partial charge in [0.2, 0.25) is 0 Å². The second-order valence-corrected chi connectivity index (χ2v) is 1.76. The van der Waals surface area contributed by atoms with Crippen LogP contribution in [0.3, 0.4) is 0 Å². The Labute approximate surface area is 49.3 Å². The summed E-state index contributed by atoms with van der Waals surface area (Å²) in [5.41, 5.74) is 0. The topological polar surface area (TPSA) is 17.1 Å². The average Bonchev–Trinajstić information content (AvgIpc) is 1.94. The van der Waals surface area contributed by atoms with Gasteiger partial charge in [0.15, 0.2) is 0 Å². The quantitative estimate of drug-likeness (QED) is 0.451. The van der Waals surface area contributed by atoms with Crippen molar-refractivity contribution in [1.29, 1.82) is 0 Å². The van der Waals surface area contributed by atoms with E-state index >= 15 is 0 Å². The molecule has 0 spiro atoms. The molecule has 0 N–H and O–H groups in total. The van der Waals surface area contributed by atoms with Crippen molar-refractivity contribution in [3.8, 4) is 0 Å². The van der Waals surface area contributed by atoms with Crippen LogP contribution in [-0.2, 0) is 4.79 Å². The first-order chi connectivity index (χ1) is 4.78. The van der Waals surface area contributed by atoms with Crippen LogP contribution in [0.4, 0.5) is 0 Å². The number of Topliss-reactive ketones (excluding diaryl/α,β-unsaturated/α-hetero) is 1. The van der Waals surface area contributed by atoms with Gasteiger partial charge in [-0.2, -0.15) is 0 Å². The fourth-order valence-electron chi connectivity index (χ4n) is 0.572. The maximum Gasteiger partial charge on any atom is 0.133 e. The minimum Gasteiger partial charge on any atom is -0.300 e. The van der Waals surface area contributed by atoms with Crippen molar-refractivity contribution in [2.24, 2.45) is 5.92 Å². The number of rotatable bonds is 0. The normalized spacial score (nSPS) is 54.4. The summed E-state index contributed by atoms with van der Waals surface area (Å²) in [6, 6.07) is 0. The molecule has 1 aliphatic carbocycles. The second-order valence-electron chi connectivity index (χ2n) is 1.76. The van der Waals surface area contributed by atoms with Gasteiger partial charge < -0.3 is 0 Å². The van der Waals surface area contributed by atoms with E-state index in [0.717, 1.165) is 0 Å². The Morgan fingerprint density at radius 1 is 2.00 bits per heavy atom. The lowest BCUT2D eigenvalue weighted by Gasteiger charge is -1.90. The van der Waals surface area contributed by atoms with E-state index in [9.17, 15) is 4.79 Å². The number of carbonyl (C=O) groups excluding carboxylic acids is 1. The molecular weight excluding hydrogens is 88.1 g/mol. The molecule has 0 aliphatic heterocycles. The molecule has 1 heteroatoms. The van der Waals surface area contributed by atoms with Gasteiger partial charge >= 0.3 is 0 Å². The molecule has 1 saturated carbocycles. The van der Waals surface area contributed by atoms with Crippen molar-refractivity contribution in [3.63, 3.8) is 0 Å². The van der Waals surface area contributed by atoms with E-state index in [1.165, 1.54) is 0 Å². The average molecular weight is 102 g/mol. The van der Waals surface area contributed by atoms with Crippen LogP contribution in [0.2, 0.25) is 0 Å². The van der Waals surface area contributed by atoms with Crippen LogP contribution in [0.1, 0.15) is 31.6 Å². The lowest BCUT2D eigenvalue weighted by Crippen LogP contribution is -1.86. The zero-order valence-corrected chi connectivity index (χ0v) is 4.19. The van der Waals surface area contributed by atoms with Gasteiger partial charge in [-0.3, -0.25) is 4.79 Å². The summed E-state index contributed by atoms with van der Waals surface area (Å²) < 4.78 is 28.8. The second kappa shape index (κ2) is 1.65. The van der Waals surface area contributed by atoms with E-state index in [1.54, 1.807) is 6.92 Å². The lowest BCUT2D eigenvalue weighted by molar-refractivity contribution is -0.117. The lowest BCUT2D eigenvalue weighted by atomic mass is 10.1. The van der Waals surface area contributed by atoms with Gasteiger partial charge in [0.1, 0.15) is 5.78 Å². The van der Waals surface area contributed by atoms with Crippen LogP contribution < -0.4 is 0 Å². The Bertz CT molecular complexity index is 199. The number of hydrogen-bond donors (Lipinski definition) is 0. The maximum atomic E-state index is 11.0. The van der Waals surface area contributed by atoms with Crippen molar-refractivity contribution in [2.75, 3.05) is 0 Å². The molecule has 7 heavy (non-hydrogen) atoms. The van der Waals surface area contributed by atoms with Gasteiger partial charge in [0.25, 0.3) is 0 Å². The molecule has 0 radical (unpaired) electrons. The SMILES string of the molecule is [2H]C1([2H])CC(C)C([2H])([2H])C1=O. The molecule has 0 aromatic carbocycles. The largest absolute Gasteiger partial charge is 0.300 e. The summed E-state index contributed by atoms with van der Waals surface area (Å²) in [6.45, 7) is 1.56. The molecule has 0 saturated heterocycles. The zero-order chi connectivity index (χ0) is 8.86. The summed E-state index contributed by atoms with van der Waals surface area (Å²) in [5, 5.41) is 0. The molecular formula is C6H10O. The minimum atomic E-state index is -1.97. The van der Waals surface area contributed by atoms with E-state index in [-0.39, 0.29) is 6.42 Å². The van der Waals surface area contributed by atoms with Gasteiger partial charge in [-0.25, -0.2) is 0 Å². The first-order valence-corrected chi connectivity index (χ1v) is 2.33. The fourth-order valence-corrected chi connectivity index (χ4v) is 0.572. The molecule has 1 fully saturated rings. The third-order valence-corrected chi connectivity index (χ3v) is 0.946. The van der Waals surface area contributed by atoms with Gasteiger partial charge in [-0.05, 0) is 12.3 Å². The summed E-state index contributed by atoms with van der Waals surface area (Å²) in [4.78, 5) is 11.0. The third kappa shape index (κ3) is 1.02. The van der Waals surface area contributed by atoms with E-state index in [2.05, 4.69) is 0 Å². The summed E-state index contributed by atoms with van der Waals surface area (Å²) >= 11 is 0. The molecule has 0 bridgehead atoms. The van der Waals surface area contributed by atoms with E-state index in [1.807, 2.05) is 0 Å². The van der Waals surface area contributed by atoms with E-state index < -0.39 is 24.4 Å². The molecule has 1 rings (SSSR count). The van der Waals surface area contributed by atoms with Crippen molar-refractivity contribution in [1.82, 2.24) is 0 Å². The molecule has 1 nitrogen and oxygen atoms in total. The zero-order valence-electron chi connectivity index (χ0n) is 8.19. The molecule has 1 atom stereocenters. The van der Waals surface area contributed by atoms with Crippen LogP contribution in [0.25, 0.3) is 0 Å². The molecule has 1 aliphatic rings. The van der Waals surface area contributed by atoms with Crippen LogP contribution in [0.5, 0.6) is 0 Å². The number of hydrogen-bond acceptors (Lipinski definition) is 1. The molecule has 0 amide bonds. The van der Waals surface area contributed by atoms with Crippen molar-refractivity contribution < 1.29 is 10.3 Å². The predicted octanol–water partition coefficient (Wildman–Crippen LogP) is 1.38. The fraction of sp³-hybridized carbons (Fsp3) is 0.833. The smallest absolute Gasteiger partial charge is 0.133 e. The summed E-state index contributed by atoms with van der Waals surface area (Å²) in [7, 11) is 0. The molecule has 0 heterocycles. The van der Waals surface area contributed by atoms with Gasteiger partial charge in [0.05, 0.1) is 0 Å². The highest BCUT2D eigenvalue weighted by Gasteiger charge is 2.16. The first-order valence-electron chi connectivity index (χ1n) is 4.33. The Morgan fingerprint density at radius 2 is 2.71 bits per heavy atom. The van der Waals surface area contributed by atoms with E-state index in [4.69, 9.17) is 5.48 Å². The highest BCUT2D eigenvalue weighted by molar-refractivity contribution is 5.80. The minimum absolute atomic E-state index is 0.00116. The standard InChI is InChI=1S/C6H10O/c1-5-2-3-6(7)4-5/h5H,2-4H2,1H3/i3D2,4D2.